The zero-order chi connectivity index (χ0) is 26.5. The highest BCUT2D eigenvalue weighted by Crippen LogP contribution is 2.22. The van der Waals surface area contributed by atoms with E-state index < -0.39 is 10.0 Å². The molecule has 1 fully saturated rings. The summed E-state index contributed by atoms with van der Waals surface area (Å²) in [6.07, 6.45) is 6.17. The molecule has 0 unspecified atom stereocenters. The number of aryl methyl sites for hydroxylation is 1. The molecule has 38 heavy (non-hydrogen) atoms. The molecule has 196 valence electrons. The summed E-state index contributed by atoms with van der Waals surface area (Å²) in [6, 6.07) is 17.0. The third-order valence-electron chi connectivity index (χ3n) is 6.74. The predicted octanol–water partition coefficient (Wildman–Crippen LogP) is 3.19. The molecular formula is C28H31N7O2S. The topological polar surface area (TPSA) is 114 Å². The van der Waals surface area contributed by atoms with Gasteiger partial charge in [0.15, 0.2) is 5.82 Å². The van der Waals surface area contributed by atoms with Crippen molar-refractivity contribution < 1.29 is 8.42 Å². The van der Waals surface area contributed by atoms with Crippen LogP contribution in [0.15, 0.2) is 71.9 Å². The molecule has 1 aromatic carbocycles. The summed E-state index contributed by atoms with van der Waals surface area (Å²) in [5, 5.41) is 3.23. The van der Waals surface area contributed by atoms with E-state index in [0.717, 1.165) is 41.2 Å². The molecule has 1 aliphatic heterocycles. The van der Waals surface area contributed by atoms with Crippen molar-refractivity contribution >= 4 is 10.0 Å². The minimum atomic E-state index is -3.49. The lowest BCUT2D eigenvalue weighted by atomic mass is 10.1. The van der Waals surface area contributed by atoms with Gasteiger partial charge >= 0.3 is 0 Å². The maximum Gasteiger partial charge on any atom is 0.243 e. The molecule has 1 aliphatic rings. The lowest BCUT2D eigenvalue weighted by molar-refractivity contribution is 0.298. The molecule has 0 atom stereocenters. The summed E-state index contributed by atoms with van der Waals surface area (Å²) in [6.45, 7) is 3.01. The first-order chi connectivity index (χ1) is 18.4. The average molecular weight is 530 g/mol. The van der Waals surface area contributed by atoms with Crippen molar-refractivity contribution in [2.75, 3.05) is 20.1 Å². The van der Waals surface area contributed by atoms with Crippen LogP contribution in [0, 0.1) is 6.92 Å². The molecule has 0 spiro atoms. The van der Waals surface area contributed by atoms with E-state index in [0.29, 0.717) is 48.5 Å². The van der Waals surface area contributed by atoms with Gasteiger partial charge in [0.1, 0.15) is 11.5 Å². The zero-order valence-electron chi connectivity index (χ0n) is 21.6. The molecule has 10 heteroatoms. The highest BCUT2D eigenvalue weighted by Gasteiger charge is 2.28. The molecule has 3 aromatic heterocycles. The van der Waals surface area contributed by atoms with Crippen LogP contribution in [0.4, 0.5) is 0 Å². The van der Waals surface area contributed by atoms with E-state index in [2.05, 4.69) is 25.3 Å². The molecule has 5 rings (SSSR count). The highest BCUT2D eigenvalue weighted by atomic mass is 32.2. The van der Waals surface area contributed by atoms with Crippen LogP contribution < -0.4 is 5.32 Å². The number of benzene rings is 1. The molecule has 0 radical (unpaired) electrons. The minimum absolute atomic E-state index is 0.321. The van der Waals surface area contributed by atoms with Crippen molar-refractivity contribution in [2.24, 2.45) is 0 Å². The Kier molecular flexibility index (Phi) is 7.82. The summed E-state index contributed by atoms with van der Waals surface area (Å²) < 4.78 is 27.7. The van der Waals surface area contributed by atoms with Crippen LogP contribution in [0.3, 0.4) is 0 Å². The number of sulfonamides is 1. The van der Waals surface area contributed by atoms with Crippen molar-refractivity contribution in [1.29, 1.82) is 0 Å². The predicted molar refractivity (Wildman–Crippen MR) is 145 cm³/mol. The lowest BCUT2D eigenvalue weighted by Crippen LogP contribution is -2.43. The van der Waals surface area contributed by atoms with E-state index in [-0.39, 0.29) is 0 Å². The molecule has 0 aliphatic carbocycles. The molecule has 0 amide bonds. The fourth-order valence-electron chi connectivity index (χ4n) is 4.59. The van der Waals surface area contributed by atoms with Crippen molar-refractivity contribution in [3.8, 4) is 11.5 Å². The number of pyridine rings is 1. The van der Waals surface area contributed by atoms with Gasteiger partial charge in [-0.25, -0.2) is 33.3 Å². The SMILES string of the molecule is CNC1CCN(S(=O)(=O)c2ccc(Cc3nccc(Cc4ccnc(-c5cccc(C)n5)n4)n3)cc2)CC1. The summed E-state index contributed by atoms with van der Waals surface area (Å²) in [4.78, 5) is 23.0. The maximum absolute atomic E-state index is 13.1. The summed E-state index contributed by atoms with van der Waals surface area (Å²) in [5.74, 6) is 1.25. The number of aromatic nitrogens is 5. The van der Waals surface area contributed by atoms with Gasteiger partial charge in [0.05, 0.1) is 16.3 Å². The summed E-state index contributed by atoms with van der Waals surface area (Å²) >= 11 is 0. The van der Waals surface area contributed by atoms with Gasteiger partial charge in [-0.2, -0.15) is 4.31 Å². The van der Waals surface area contributed by atoms with E-state index in [1.54, 1.807) is 28.8 Å². The molecular weight excluding hydrogens is 498 g/mol. The van der Waals surface area contributed by atoms with Gasteiger partial charge in [0, 0.05) is 50.1 Å². The van der Waals surface area contributed by atoms with Gasteiger partial charge in [0.2, 0.25) is 10.0 Å². The Bertz CT molecular complexity index is 1500. The van der Waals surface area contributed by atoms with Crippen molar-refractivity contribution in [2.45, 2.75) is 43.5 Å². The molecule has 0 bridgehead atoms. The largest absolute Gasteiger partial charge is 0.317 e. The van der Waals surface area contributed by atoms with Crippen LogP contribution >= 0.6 is 0 Å². The summed E-state index contributed by atoms with van der Waals surface area (Å²) in [7, 11) is -1.57. The number of hydrogen-bond donors (Lipinski definition) is 1. The van der Waals surface area contributed by atoms with E-state index in [9.17, 15) is 8.42 Å². The smallest absolute Gasteiger partial charge is 0.243 e. The normalized spacial score (nSPS) is 15.0. The molecule has 4 heterocycles. The second kappa shape index (κ2) is 11.4. The van der Waals surface area contributed by atoms with E-state index in [1.807, 2.05) is 56.4 Å². The lowest BCUT2D eigenvalue weighted by Gasteiger charge is -2.31. The van der Waals surface area contributed by atoms with Crippen molar-refractivity contribution in [3.05, 3.63) is 95.5 Å². The molecule has 4 aromatic rings. The Morgan fingerprint density at radius 2 is 1.58 bits per heavy atom. The first kappa shape index (κ1) is 26.0. The first-order valence-corrected chi connectivity index (χ1v) is 14.2. The summed E-state index contributed by atoms with van der Waals surface area (Å²) in [5.41, 5.74) is 4.29. The van der Waals surface area contributed by atoms with Crippen LogP contribution in [-0.4, -0.2) is 63.8 Å². The third kappa shape index (κ3) is 6.09. The standard InChI is InChI=1S/C28H31N7O2S/c1-20-4-3-5-26(32-20)28-31-15-11-24(34-28)19-23-10-14-30-27(33-23)18-21-6-8-25(9-7-21)38(36,37)35-16-12-22(29-2)13-17-35/h3-11,14-15,22,29H,12-13,16-19H2,1-2H3. The molecule has 1 N–H and O–H groups in total. The van der Waals surface area contributed by atoms with E-state index in [4.69, 9.17) is 4.98 Å². The van der Waals surface area contributed by atoms with Gasteiger partial charge in [-0.3, -0.25) is 0 Å². The minimum Gasteiger partial charge on any atom is -0.317 e. The number of rotatable bonds is 8. The van der Waals surface area contributed by atoms with Crippen molar-refractivity contribution in [3.63, 3.8) is 0 Å². The van der Waals surface area contributed by atoms with Gasteiger partial charge in [-0.1, -0.05) is 18.2 Å². The maximum atomic E-state index is 13.1. The Hall–Kier alpha value is -3.60. The van der Waals surface area contributed by atoms with Gasteiger partial charge in [0.25, 0.3) is 0 Å². The van der Waals surface area contributed by atoms with E-state index >= 15 is 0 Å². The van der Waals surface area contributed by atoms with Gasteiger partial charge < -0.3 is 5.32 Å². The van der Waals surface area contributed by atoms with Gasteiger partial charge in [-0.15, -0.1) is 0 Å². The third-order valence-corrected chi connectivity index (χ3v) is 8.65. The Morgan fingerprint density at radius 3 is 2.29 bits per heavy atom. The fraction of sp³-hybridized carbons (Fsp3) is 0.321. The van der Waals surface area contributed by atoms with E-state index in [1.165, 1.54) is 0 Å². The van der Waals surface area contributed by atoms with Crippen LogP contribution in [0.2, 0.25) is 0 Å². The van der Waals surface area contributed by atoms with Crippen LogP contribution in [0.5, 0.6) is 0 Å². The molecule has 1 saturated heterocycles. The van der Waals surface area contributed by atoms with Crippen molar-refractivity contribution in [1.82, 2.24) is 34.5 Å². The molecule has 9 nitrogen and oxygen atoms in total. The Morgan fingerprint density at radius 1 is 0.868 bits per heavy atom. The second-order valence-corrected chi connectivity index (χ2v) is 11.4. The quantitative estimate of drug-likeness (QED) is 0.370. The fourth-order valence-corrected chi connectivity index (χ4v) is 6.06. The van der Waals surface area contributed by atoms with Crippen LogP contribution in [0.1, 0.15) is 41.3 Å². The number of hydrogen-bond acceptors (Lipinski definition) is 8. The first-order valence-electron chi connectivity index (χ1n) is 12.7. The second-order valence-electron chi connectivity index (χ2n) is 9.46. The number of nitrogens with zero attached hydrogens (tertiary/aromatic N) is 6. The van der Waals surface area contributed by atoms with Gasteiger partial charge in [-0.05, 0) is 68.8 Å². The number of piperidine rings is 1. The van der Waals surface area contributed by atoms with Crippen LogP contribution in [-0.2, 0) is 22.9 Å². The van der Waals surface area contributed by atoms with Crippen LogP contribution in [0.25, 0.3) is 11.5 Å². The Labute approximate surface area is 223 Å². The monoisotopic (exact) mass is 529 g/mol. The number of nitrogens with one attached hydrogen (secondary N) is 1. The Balaban J connectivity index is 1.25. The highest BCUT2D eigenvalue weighted by molar-refractivity contribution is 7.89. The zero-order valence-corrected chi connectivity index (χ0v) is 22.4. The average Bonchev–Trinajstić information content (AvgIpc) is 2.94. The molecule has 0 saturated carbocycles.